The Morgan fingerprint density at radius 3 is 3.06 bits per heavy atom. The number of amides is 1. The summed E-state index contributed by atoms with van der Waals surface area (Å²) in [4.78, 5) is 24.0. The van der Waals surface area contributed by atoms with Crippen LogP contribution in [0.1, 0.15) is 48.4 Å². The molecule has 0 aliphatic carbocycles. The minimum Gasteiger partial charge on any atom is -0.383 e. The quantitative estimate of drug-likeness (QED) is 0.327. The average molecular weight is 490 g/mol. The molecule has 4 heterocycles. The number of carbonyl (C=O) groups excluding carboxylic acids is 1. The van der Waals surface area contributed by atoms with Gasteiger partial charge in [-0.05, 0) is 37.8 Å². The third-order valence-corrected chi connectivity index (χ3v) is 8.79. The Kier molecular flexibility index (Phi) is 8.39. The lowest BCUT2D eigenvalue weighted by Crippen LogP contribution is -2.51. The summed E-state index contributed by atoms with van der Waals surface area (Å²) in [6, 6.07) is 2.75. The van der Waals surface area contributed by atoms with Crippen molar-refractivity contribution >= 4 is 29.2 Å². The van der Waals surface area contributed by atoms with Crippen molar-refractivity contribution in [3.63, 3.8) is 0 Å². The Morgan fingerprint density at radius 2 is 2.32 bits per heavy atom. The largest absolute Gasteiger partial charge is 0.383 e. The lowest BCUT2D eigenvalue weighted by molar-refractivity contribution is -0.128. The van der Waals surface area contributed by atoms with E-state index in [-0.39, 0.29) is 17.4 Å². The maximum atomic E-state index is 12.1. The summed E-state index contributed by atoms with van der Waals surface area (Å²) in [5, 5.41) is 4.01. The molecule has 1 aromatic heterocycles. The van der Waals surface area contributed by atoms with Crippen LogP contribution in [0.15, 0.2) is 16.2 Å². The Labute approximate surface area is 207 Å². The maximum Gasteiger partial charge on any atom is 0.223 e. The number of carbonyl (C=O) groups is 1. The van der Waals surface area contributed by atoms with E-state index in [0.29, 0.717) is 38.7 Å². The van der Waals surface area contributed by atoms with Gasteiger partial charge in [-0.3, -0.25) is 14.7 Å². The number of piperidine rings is 1. The summed E-state index contributed by atoms with van der Waals surface area (Å²) in [7, 11) is 1.66. The van der Waals surface area contributed by atoms with Gasteiger partial charge < -0.3 is 20.2 Å². The fourth-order valence-corrected chi connectivity index (χ4v) is 6.71. The van der Waals surface area contributed by atoms with Crippen molar-refractivity contribution in [2.24, 2.45) is 21.9 Å². The molecule has 1 aromatic rings. The molecule has 2 saturated heterocycles. The third kappa shape index (κ3) is 5.53. The van der Waals surface area contributed by atoms with Crippen LogP contribution in [0.4, 0.5) is 0 Å². The van der Waals surface area contributed by atoms with Gasteiger partial charge in [-0.2, -0.15) is 5.10 Å². The van der Waals surface area contributed by atoms with Crippen molar-refractivity contribution in [3.05, 3.63) is 21.4 Å². The number of hydrogen-bond donors (Lipinski definition) is 1. The molecule has 1 spiro atoms. The molecule has 4 rings (SSSR count). The van der Waals surface area contributed by atoms with E-state index in [1.807, 2.05) is 16.2 Å². The zero-order valence-corrected chi connectivity index (χ0v) is 21.6. The van der Waals surface area contributed by atoms with Crippen molar-refractivity contribution in [2.75, 3.05) is 53.0 Å². The number of nitrogens with zero attached hydrogens (tertiary/aromatic N) is 4. The molecule has 8 nitrogen and oxygen atoms in total. The van der Waals surface area contributed by atoms with E-state index in [4.69, 9.17) is 15.3 Å². The van der Waals surface area contributed by atoms with Crippen molar-refractivity contribution in [3.8, 4) is 0 Å². The number of nitrogens with two attached hydrogens (primary N) is 1. The summed E-state index contributed by atoms with van der Waals surface area (Å²) < 4.78 is 11.6. The molecule has 188 valence electrons. The third-order valence-electron chi connectivity index (χ3n) is 7.45. The van der Waals surface area contributed by atoms with Crippen LogP contribution < -0.4 is 5.84 Å². The van der Waals surface area contributed by atoms with Crippen molar-refractivity contribution in [1.29, 1.82) is 0 Å². The molecular formula is C25H39N5O3S. The highest BCUT2D eigenvalue weighted by Crippen LogP contribution is 2.46. The van der Waals surface area contributed by atoms with Crippen molar-refractivity contribution < 1.29 is 14.3 Å². The van der Waals surface area contributed by atoms with Gasteiger partial charge >= 0.3 is 0 Å². The van der Waals surface area contributed by atoms with Crippen LogP contribution in [0, 0.1) is 5.92 Å². The minimum absolute atomic E-state index is 0.148. The number of hydrogen-bond acceptors (Lipinski definition) is 8. The molecule has 1 amide bonds. The Hall–Kier alpha value is -1.81. The van der Waals surface area contributed by atoms with Crippen molar-refractivity contribution in [1.82, 2.24) is 9.80 Å². The zero-order valence-electron chi connectivity index (χ0n) is 20.8. The van der Waals surface area contributed by atoms with Gasteiger partial charge in [0.15, 0.2) is 0 Å². The fourth-order valence-electron chi connectivity index (χ4n) is 5.53. The standard InChI is InChI=1S/C25H39N5O3S/c1-4-21-12-22-23(34-21)5-9-33-25(22)6-7-29(18(2)13-25)17-20(28-26)15-27-14-19-11-24(31)30(16-19)8-10-32-3/h12,15,18-19H,4-11,13-14,16-17,26H2,1-3H3/b27-15?,28-20+/t18-,19?,25+/m0/s1. The molecule has 9 heteroatoms. The fraction of sp³-hybridized carbons (Fsp3) is 0.720. The van der Waals surface area contributed by atoms with Gasteiger partial charge in [-0.1, -0.05) is 6.92 Å². The maximum absolute atomic E-state index is 12.1. The molecule has 34 heavy (non-hydrogen) atoms. The molecular weight excluding hydrogens is 450 g/mol. The number of methoxy groups -OCH3 is 1. The molecule has 2 N–H and O–H groups in total. The van der Waals surface area contributed by atoms with E-state index in [2.05, 4.69) is 34.9 Å². The van der Waals surface area contributed by atoms with E-state index >= 15 is 0 Å². The smallest absolute Gasteiger partial charge is 0.223 e. The van der Waals surface area contributed by atoms with Gasteiger partial charge in [0.25, 0.3) is 0 Å². The molecule has 3 atom stereocenters. The first-order valence-electron chi connectivity index (χ1n) is 12.5. The zero-order chi connectivity index (χ0) is 24.1. The summed E-state index contributed by atoms with van der Waals surface area (Å²) >= 11 is 1.97. The first-order valence-corrected chi connectivity index (χ1v) is 13.3. The minimum atomic E-state index is -0.148. The van der Waals surface area contributed by atoms with E-state index < -0.39 is 0 Å². The number of hydrazone groups is 1. The topological polar surface area (TPSA) is 92.8 Å². The Balaban J connectivity index is 1.31. The predicted molar refractivity (Wildman–Crippen MR) is 137 cm³/mol. The molecule has 2 fully saturated rings. The van der Waals surface area contributed by atoms with Gasteiger partial charge in [-0.15, -0.1) is 11.3 Å². The highest BCUT2D eigenvalue weighted by molar-refractivity contribution is 7.12. The SMILES string of the molecule is CCc1cc2c(s1)CCO[C@@]21CCN(C/C(C=NCC2CC(=O)N(CCOC)C2)=N/N)[C@@H](C)C1. The van der Waals surface area contributed by atoms with Crippen LogP contribution in [0.2, 0.25) is 0 Å². The van der Waals surface area contributed by atoms with Crippen LogP contribution in [-0.4, -0.2) is 86.7 Å². The number of ether oxygens (including phenoxy) is 2. The number of aryl methyl sites for hydroxylation is 1. The molecule has 0 bridgehead atoms. The van der Waals surface area contributed by atoms with Crippen molar-refractivity contribution in [2.45, 2.75) is 57.6 Å². The number of likely N-dealkylation sites (tertiary alicyclic amines) is 2. The number of aliphatic imine (C=N–C) groups is 1. The summed E-state index contributed by atoms with van der Waals surface area (Å²) in [5.74, 6) is 6.14. The number of thiophene rings is 1. The Morgan fingerprint density at radius 1 is 1.47 bits per heavy atom. The second kappa shape index (κ2) is 11.3. The highest BCUT2D eigenvalue weighted by atomic mass is 32.1. The summed E-state index contributed by atoms with van der Waals surface area (Å²) in [5.41, 5.74) is 2.06. The van der Waals surface area contributed by atoms with E-state index in [0.717, 1.165) is 51.1 Å². The van der Waals surface area contributed by atoms with Crippen LogP contribution in [0.5, 0.6) is 0 Å². The van der Waals surface area contributed by atoms with E-state index in [9.17, 15) is 4.79 Å². The lowest BCUT2D eigenvalue weighted by atomic mass is 9.79. The molecule has 0 aromatic carbocycles. The lowest BCUT2D eigenvalue weighted by Gasteiger charge is -2.47. The predicted octanol–water partition coefficient (Wildman–Crippen LogP) is 2.44. The number of fused-ring (bicyclic) bond motifs is 2. The molecule has 3 aliphatic rings. The first-order chi connectivity index (χ1) is 16.5. The summed E-state index contributed by atoms with van der Waals surface area (Å²) in [6.45, 7) is 9.51. The van der Waals surface area contributed by atoms with Gasteiger partial charge in [0.05, 0.1) is 24.5 Å². The molecule has 1 unspecified atom stereocenters. The van der Waals surface area contributed by atoms with Crippen LogP contribution >= 0.6 is 11.3 Å². The van der Waals surface area contributed by atoms with Crippen LogP contribution in [0.25, 0.3) is 0 Å². The highest BCUT2D eigenvalue weighted by Gasteiger charge is 2.44. The normalized spacial score (nSPS) is 28.4. The van der Waals surface area contributed by atoms with Gasteiger partial charge in [0.2, 0.25) is 5.91 Å². The number of rotatable bonds is 9. The monoisotopic (exact) mass is 489 g/mol. The van der Waals surface area contributed by atoms with E-state index in [1.165, 1.54) is 15.3 Å². The molecule has 0 saturated carbocycles. The van der Waals surface area contributed by atoms with Gasteiger partial charge in [0.1, 0.15) is 0 Å². The Bertz CT molecular complexity index is 916. The van der Waals surface area contributed by atoms with Gasteiger partial charge in [-0.25, -0.2) is 0 Å². The van der Waals surface area contributed by atoms with Gasteiger partial charge in [0, 0.05) is 80.6 Å². The second-order valence-electron chi connectivity index (χ2n) is 9.79. The summed E-state index contributed by atoms with van der Waals surface area (Å²) in [6.07, 6.45) is 6.44. The van der Waals surface area contributed by atoms with Crippen LogP contribution in [-0.2, 0) is 32.7 Å². The second-order valence-corrected chi connectivity index (χ2v) is 11.0. The molecule has 0 radical (unpaired) electrons. The molecule has 3 aliphatic heterocycles. The first kappa shape index (κ1) is 25.3. The van der Waals surface area contributed by atoms with Crippen LogP contribution in [0.3, 0.4) is 0 Å². The average Bonchev–Trinajstić information content (AvgIpc) is 3.42. The van der Waals surface area contributed by atoms with E-state index in [1.54, 1.807) is 13.3 Å².